The third-order valence-electron chi connectivity index (χ3n) is 8.05. The van der Waals surface area contributed by atoms with Crippen molar-refractivity contribution in [2.24, 2.45) is 0 Å². The standard InChI is InChI=1S/C26H49NO5SSi2/c1-13-22-24(31-22)23(32-35(11,12)26(6,7)8)21(18-30-34(9,10)25(3,4)5)27-33(28,29)20-16-14-19(2)15-17-20/h14-17,21-24,27H,13,18H2,1-12H3. The van der Waals surface area contributed by atoms with E-state index in [9.17, 15) is 8.42 Å². The maximum atomic E-state index is 13.5. The predicted octanol–water partition coefficient (Wildman–Crippen LogP) is 6.23. The van der Waals surface area contributed by atoms with E-state index < -0.39 is 38.8 Å². The molecule has 1 aliphatic heterocycles. The molecule has 0 spiro atoms. The molecule has 1 N–H and O–H groups in total. The van der Waals surface area contributed by atoms with Crippen LogP contribution in [0.25, 0.3) is 0 Å². The summed E-state index contributed by atoms with van der Waals surface area (Å²) >= 11 is 0. The van der Waals surface area contributed by atoms with Crippen molar-refractivity contribution in [3.63, 3.8) is 0 Å². The monoisotopic (exact) mass is 543 g/mol. The van der Waals surface area contributed by atoms with E-state index >= 15 is 0 Å². The molecule has 0 radical (unpaired) electrons. The highest BCUT2D eigenvalue weighted by Crippen LogP contribution is 2.42. The molecule has 2 rings (SSSR count). The van der Waals surface area contributed by atoms with Crippen molar-refractivity contribution in [3.8, 4) is 0 Å². The van der Waals surface area contributed by atoms with E-state index in [1.165, 1.54) is 0 Å². The lowest BCUT2D eigenvalue weighted by atomic mass is 10.1. The second kappa shape index (κ2) is 10.7. The highest BCUT2D eigenvalue weighted by molar-refractivity contribution is 7.89. The van der Waals surface area contributed by atoms with Gasteiger partial charge in [-0.3, -0.25) is 0 Å². The number of sulfonamides is 1. The van der Waals surface area contributed by atoms with Crippen LogP contribution in [-0.2, 0) is 23.6 Å². The third-order valence-corrected chi connectivity index (χ3v) is 18.5. The van der Waals surface area contributed by atoms with Gasteiger partial charge in [-0.2, -0.15) is 0 Å². The van der Waals surface area contributed by atoms with Crippen molar-refractivity contribution in [1.29, 1.82) is 0 Å². The fourth-order valence-electron chi connectivity index (χ4n) is 3.36. The Hall–Kier alpha value is -0.556. The quantitative estimate of drug-likeness (QED) is 0.264. The second-order valence-corrected chi connectivity index (χ2v) is 24.3. The fourth-order valence-corrected chi connectivity index (χ4v) is 6.96. The van der Waals surface area contributed by atoms with Gasteiger partial charge in [-0.05, 0) is 61.7 Å². The molecule has 35 heavy (non-hydrogen) atoms. The largest absolute Gasteiger partial charge is 0.415 e. The molecule has 9 heteroatoms. The number of hydrogen-bond donors (Lipinski definition) is 1. The van der Waals surface area contributed by atoms with Gasteiger partial charge in [0.15, 0.2) is 16.6 Å². The van der Waals surface area contributed by atoms with Crippen molar-refractivity contribution in [3.05, 3.63) is 29.8 Å². The summed E-state index contributed by atoms with van der Waals surface area (Å²) in [5, 5.41) is -0.0201. The zero-order valence-electron chi connectivity index (χ0n) is 24.0. The summed E-state index contributed by atoms with van der Waals surface area (Å²) in [7, 11) is -8.14. The summed E-state index contributed by atoms with van der Waals surface area (Å²) in [6, 6.07) is 6.36. The van der Waals surface area contributed by atoms with E-state index in [-0.39, 0.29) is 33.8 Å². The molecule has 1 saturated heterocycles. The zero-order chi connectivity index (χ0) is 27.0. The van der Waals surface area contributed by atoms with Gasteiger partial charge in [-0.1, -0.05) is 66.2 Å². The Kier molecular flexibility index (Phi) is 9.35. The van der Waals surface area contributed by atoms with Crippen molar-refractivity contribution in [1.82, 2.24) is 4.72 Å². The Labute approximate surface area is 216 Å². The molecule has 4 atom stereocenters. The van der Waals surface area contributed by atoms with Crippen LogP contribution in [0.3, 0.4) is 0 Å². The lowest BCUT2D eigenvalue weighted by molar-refractivity contribution is 0.0857. The molecule has 0 saturated carbocycles. The smallest absolute Gasteiger partial charge is 0.240 e. The van der Waals surface area contributed by atoms with Crippen molar-refractivity contribution in [2.75, 3.05) is 6.61 Å². The number of nitrogens with one attached hydrogen (secondary N) is 1. The molecule has 4 unspecified atom stereocenters. The fraction of sp³-hybridized carbons (Fsp3) is 0.769. The molecular weight excluding hydrogens is 495 g/mol. The maximum absolute atomic E-state index is 13.5. The number of rotatable bonds is 11. The summed E-state index contributed by atoms with van der Waals surface area (Å²) in [6.07, 6.45) is 0.362. The molecule has 1 aromatic rings. The van der Waals surface area contributed by atoms with E-state index in [0.29, 0.717) is 0 Å². The molecule has 1 aliphatic rings. The molecule has 0 aliphatic carbocycles. The number of ether oxygens (including phenoxy) is 1. The SMILES string of the molecule is CCC1OC1C(O[Si](C)(C)C(C)(C)C)C(CO[Si](C)(C)C(C)(C)C)NS(=O)(=O)c1ccc(C)cc1. The van der Waals surface area contributed by atoms with Crippen LogP contribution in [0.5, 0.6) is 0 Å². The van der Waals surface area contributed by atoms with Gasteiger partial charge in [0, 0.05) is 0 Å². The minimum absolute atomic E-state index is 0.00516. The average molecular weight is 544 g/mol. The molecular formula is C26H49NO5SSi2. The Morgan fingerprint density at radius 1 is 0.971 bits per heavy atom. The van der Waals surface area contributed by atoms with Gasteiger partial charge in [-0.15, -0.1) is 0 Å². The number of hydrogen-bond acceptors (Lipinski definition) is 5. The first-order valence-corrected chi connectivity index (χ1v) is 20.1. The van der Waals surface area contributed by atoms with Gasteiger partial charge < -0.3 is 13.6 Å². The van der Waals surface area contributed by atoms with Gasteiger partial charge in [0.05, 0.1) is 29.8 Å². The first kappa shape index (κ1) is 30.7. The van der Waals surface area contributed by atoms with Gasteiger partial charge in [0.1, 0.15) is 6.10 Å². The Morgan fingerprint density at radius 3 is 1.91 bits per heavy atom. The third kappa shape index (κ3) is 7.72. The van der Waals surface area contributed by atoms with Gasteiger partial charge >= 0.3 is 0 Å². The highest BCUT2D eigenvalue weighted by atomic mass is 32.2. The molecule has 0 amide bonds. The summed E-state index contributed by atoms with van der Waals surface area (Å²) in [5.41, 5.74) is 1.01. The number of aryl methyl sites for hydroxylation is 1. The topological polar surface area (TPSA) is 77.2 Å². The van der Waals surface area contributed by atoms with E-state index in [1.807, 2.05) is 19.1 Å². The predicted molar refractivity (Wildman–Crippen MR) is 149 cm³/mol. The summed E-state index contributed by atoms with van der Waals surface area (Å²) in [6.45, 7) is 26.2. The first-order chi connectivity index (χ1) is 15.7. The number of epoxide rings is 1. The molecule has 1 fully saturated rings. The summed E-state index contributed by atoms with van der Waals surface area (Å²) < 4.78 is 49.5. The van der Waals surface area contributed by atoms with Crippen LogP contribution >= 0.6 is 0 Å². The molecule has 1 heterocycles. The van der Waals surface area contributed by atoms with Crippen LogP contribution in [0.4, 0.5) is 0 Å². The number of benzene rings is 1. The minimum atomic E-state index is -3.78. The zero-order valence-corrected chi connectivity index (χ0v) is 26.8. The van der Waals surface area contributed by atoms with Crippen molar-refractivity contribution < 1.29 is 22.0 Å². The van der Waals surface area contributed by atoms with Crippen LogP contribution in [0.2, 0.25) is 36.3 Å². The molecule has 0 bridgehead atoms. The molecule has 202 valence electrons. The summed E-state index contributed by atoms with van der Waals surface area (Å²) in [5.74, 6) is 0. The van der Waals surface area contributed by atoms with Crippen molar-refractivity contribution >= 4 is 26.7 Å². The van der Waals surface area contributed by atoms with E-state index in [4.69, 9.17) is 13.6 Å². The normalized spacial score (nSPS) is 21.6. The maximum Gasteiger partial charge on any atom is 0.240 e. The lowest BCUT2D eigenvalue weighted by Gasteiger charge is -2.42. The Morgan fingerprint density at radius 2 is 1.49 bits per heavy atom. The van der Waals surface area contributed by atoms with Gasteiger partial charge in [0.2, 0.25) is 10.0 Å². The second-order valence-electron chi connectivity index (χ2n) is 13.0. The Bertz CT molecular complexity index is 949. The molecule has 6 nitrogen and oxygen atoms in total. The van der Waals surface area contributed by atoms with Crippen LogP contribution in [-0.4, -0.2) is 56.0 Å². The van der Waals surface area contributed by atoms with E-state index in [0.717, 1.165) is 12.0 Å². The minimum Gasteiger partial charge on any atom is -0.415 e. The van der Waals surface area contributed by atoms with Crippen LogP contribution < -0.4 is 4.72 Å². The first-order valence-electron chi connectivity index (χ1n) is 12.8. The highest BCUT2D eigenvalue weighted by Gasteiger charge is 2.52. The van der Waals surface area contributed by atoms with Gasteiger partial charge in [0.25, 0.3) is 0 Å². The Balaban J connectivity index is 2.46. The van der Waals surface area contributed by atoms with Crippen LogP contribution in [0, 0.1) is 6.92 Å². The van der Waals surface area contributed by atoms with Crippen LogP contribution in [0.15, 0.2) is 29.2 Å². The molecule has 0 aromatic heterocycles. The van der Waals surface area contributed by atoms with E-state index in [2.05, 4.69) is 79.4 Å². The average Bonchev–Trinajstić information content (AvgIpc) is 3.47. The van der Waals surface area contributed by atoms with E-state index in [1.54, 1.807) is 12.1 Å². The van der Waals surface area contributed by atoms with Gasteiger partial charge in [-0.25, -0.2) is 13.1 Å². The lowest BCUT2D eigenvalue weighted by Crippen LogP contribution is -2.57. The van der Waals surface area contributed by atoms with Crippen LogP contribution in [0.1, 0.15) is 60.5 Å². The summed E-state index contributed by atoms with van der Waals surface area (Å²) in [4.78, 5) is 0.246. The molecule has 1 aromatic carbocycles. The van der Waals surface area contributed by atoms with Crippen molar-refractivity contribution in [2.45, 2.75) is 127 Å².